The summed E-state index contributed by atoms with van der Waals surface area (Å²) in [6.45, 7) is 1.82. The molecule has 0 saturated carbocycles. The van der Waals surface area contributed by atoms with Gasteiger partial charge < -0.3 is 15.4 Å². The van der Waals surface area contributed by atoms with Crippen molar-refractivity contribution in [3.05, 3.63) is 16.1 Å². The molecule has 0 spiro atoms. The molecule has 1 saturated heterocycles. The number of amides is 1. The highest BCUT2D eigenvalue weighted by Gasteiger charge is 2.21. The summed E-state index contributed by atoms with van der Waals surface area (Å²) in [6.07, 6.45) is 3.50. The second-order valence-corrected chi connectivity index (χ2v) is 5.45. The third kappa shape index (κ3) is 4.42. The topological polar surface area (TPSA) is 68.5 Å². The van der Waals surface area contributed by atoms with Gasteiger partial charge in [0, 0.05) is 32.1 Å². The number of rotatable bonds is 4. The number of likely N-dealkylation sites (N-methyl/N-ethyl adjacent to an activating group) is 1. The molecule has 0 aromatic carbocycles. The Hall–Kier alpha value is -0.690. The van der Waals surface area contributed by atoms with Crippen molar-refractivity contribution in [1.82, 2.24) is 9.88 Å². The lowest BCUT2D eigenvalue weighted by molar-refractivity contribution is -0.000278. The molecule has 5 nitrogen and oxygen atoms in total. The Labute approximate surface area is 123 Å². The van der Waals surface area contributed by atoms with Crippen LogP contribution in [0.1, 0.15) is 34.8 Å². The highest BCUT2D eigenvalue weighted by molar-refractivity contribution is 7.09. The average molecular weight is 306 g/mol. The Balaban J connectivity index is 0.00000180. The van der Waals surface area contributed by atoms with Crippen LogP contribution in [-0.4, -0.2) is 42.1 Å². The Morgan fingerprint density at radius 1 is 1.63 bits per heavy atom. The Morgan fingerprint density at radius 2 is 2.42 bits per heavy atom. The van der Waals surface area contributed by atoms with Crippen LogP contribution in [0.15, 0.2) is 5.38 Å². The van der Waals surface area contributed by atoms with E-state index in [-0.39, 0.29) is 24.4 Å². The fourth-order valence-corrected chi connectivity index (χ4v) is 2.69. The number of carbonyl (C=O) groups is 1. The minimum atomic E-state index is -0.0554. The van der Waals surface area contributed by atoms with E-state index in [1.807, 2.05) is 0 Å². The zero-order chi connectivity index (χ0) is 13.0. The lowest BCUT2D eigenvalue weighted by Gasteiger charge is -2.27. The van der Waals surface area contributed by atoms with Crippen molar-refractivity contribution in [1.29, 1.82) is 0 Å². The molecule has 0 radical (unpaired) electrons. The monoisotopic (exact) mass is 305 g/mol. The molecule has 1 atom stereocenters. The molecule has 1 aliphatic rings. The number of halogens is 1. The predicted molar refractivity (Wildman–Crippen MR) is 77.8 cm³/mol. The van der Waals surface area contributed by atoms with E-state index in [0.717, 1.165) is 24.5 Å². The fraction of sp³-hybridized carbons (Fsp3) is 0.667. The summed E-state index contributed by atoms with van der Waals surface area (Å²) < 4.78 is 5.63. The van der Waals surface area contributed by atoms with E-state index < -0.39 is 0 Å². The average Bonchev–Trinajstić information content (AvgIpc) is 2.87. The van der Waals surface area contributed by atoms with Crippen LogP contribution in [-0.2, 0) is 11.3 Å². The van der Waals surface area contributed by atoms with Gasteiger partial charge in [-0.1, -0.05) is 0 Å². The van der Waals surface area contributed by atoms with E-state index in [2.05, 4.69) is 4.98 Å². The first kappa shape index (κ1) is 16.4. The van der Waals surface area contributed by atoms with Gasteiger partial charge in [0.05, 0.1) is 6.10 Å². The van der Waals surface area contributed by atoms with E-state index in [1.165, 1.54) is 17.8 Å². The summed E-state index contributed by atoms with van der Waals surface area (Å²) in [5, 5.41) is 2.56. The molecule has 1 aromatic rings. The van der Waals surface area contributed by atoms with E-state index in [9.17, 15) is 4.79 Å². The fourth-order valence-electron chi connectivity index (χ4n) is 2.04. The Morgan fingerprint density at radius 3 is 3.00 bits per heavy atom. The van der Waals surface area contributed by atoms with Gasteiger partial charge in [0.25, 0.3) is 5.91 Å². The van der Waals surface area contributed by atoms with E-state index >= 15 is 0 Å². The van der Waals surface area contributed by atoms with Crippen molar-refractivity contribution in [3.63, 3.8) is 0 Å². The van der Waals surface area contributed by atoms with Crippen molar-refractivity contribution in [2.75, 3.05) is 20.2 Å². The largest absolute Gasteiger partial charge is 0.376 e. The predicted octanol–water partition coefficient (Wildman–Crippen LogP) is 1.66. The van der Waals surface area contributed by atoms with Crippen molar-refractivity contribution in [2.24, 2.45) is 5.73 Å². The summed E-state index contributed by atoms with van der Waals surface area (Å²) in [4.78, 5) is 18.0. The third-order valence-electron chi connectivity index (χ3n) is 3.04. The standard InChI is InChI=1S/C12H19N3O2S.ClH/c1-15(7-9-4-2-3-5-17-9)12(16)10-8-18-11(6-13)14-10;/h8-9H,2-7,13H2,1H3;1H. The summed E-state index contributed by atoms with van der Waals surface area (Å²) >= 11 is 1.43. The third-order valence-corrected chi connectivity index (χ3v) is 3.91. The minimum absolute atomic E-state index is 0. The van der Waals surface area contributed by atoms with Crippen LogP contribution in [0, 0.1) is 0 Å². The van der Waals surface area contributed by atoms with E-state index in [4.69, 9.17) is 10.5 Å². The number of nitrogens with two attached hydrogens (primary N) is 1. The molecule has 108 valence electrons. The maximum atomic E-state index is 12.1. The molecule has 0 bridgehead atoms. The van der Waals surface area contributed by atoms with Gasteiger partial charge in [-0.25, -0.2) is 4.98 Å². The molecule has 2 N–H and O–H groups in total. The van der Waals surface area contributed by atoms with Crippen molar-refractivity contribution < 1.29 is 9.53 Å². The molecule has 1 aliphatic heterocycles. The van der Waals surface area contributed by atoms with Crippen molar-refractivity contribution in [3.8, 4) is 0 Å². The number of hydrogen-bond donors (Lipinski definition) is 1. The van der Waals surface area contributed by atoms with Gasteiger partial charge in [-0.05, 0) is 19.3 Å². The summed E-state index contributed by atoms with van der Waals surface area (Å²) in [7, 11) is 1.79. The summed E-state index contributed by atoms with van der Waals surface area (Å²) in [5.41, 5.74) is 5.98. The van der Waals surface area contributed by atoms with Gasteiger partial charge in [-0.15, -0.1) is 23.7 Å². The SMILES string of the molecule is CN(CC1CCCCO1)C(=O)c1csc(CN)n1.Cl. The molecule has 1 aromatic heterocycles. The van der Waals surface area contributed by atoms with Crippen LogP contribution in [0.4, 0.5) is 0 Å². The van der Waals surface area contributed by atoms with Crippen LogP contribution in [0.25, 0.3) is 0 Å². The molecular weight excluding hydrogens is 286 g/mol. The van der Waals surface area contributed by atoms with Crippen molar-refractivity contribution in [2.45, 2.75) is 31.9 Å². The van der Waals surface area contributed by atoms with Gasteiger partial charge in [0.1, 0.15) is 10.7 Å². The summed E-state index contributed by atoms with van der Waals surface area (Å²) in [5.74, 6) is -0.0554. The molecule has 2 heterocycles. The molecule has 2 rings (SSSR count). The first-order valence-electron chi connectivity index (χ1n) is 6.22. The normalized spacial score (nSPS) is 18.7. The van der Waals surface area contributed by atoms with E-state index in [1.54, 1.807) is 17.3 Å². The quantitative estimate of drug-likeness (QED) is 0.918. The van der Waals surface area contributed by atoms with Crippen molar-refractivity contribution >= 4 is 29.7 Å². The van der Waals surface area contributed by atoms with Crippen LogP contribution < -0.4 is 5.73 Å². The van der Waals surface area contributed by atoms with Gasteiger partial charge in [-0.2, -0.15) is 0 Å². The summed E-state index contributed by atoms with van der Waals surface area (Å²) in [6, 6.07) is 0. The van der Waals surface area contributed by atoms with Crippen LogP contribution in [0.3, 0.4) is 0 Å². The number of thiazole rings is 1. The molecule has 1 unspecified atom stereocenters. The highest BCUT2D eigenvalue weighted by atomic mass is 35.5. The smallest absolute Gasteiger partial charge is 0.273 e. The number of nitrogens with zero attached hydrogens (tertiary/aromatic N) is 2. The lowest BCUT2D eigenvalue weighted by atomic mass is 10.1. The van der Waals surface area contributed by atoms with Gasteiger partial charge in [0.2, 0.25) is 0 Å². The number of aromatic nitrogens is 1. The minimum Gasteiger partial charge on any atom is -0.376 e. The Bertz CT molecular complexity index is 407. The van der Waals surface area contributed by atoms with Crippen LogP contribution in [0.5, 0.6) is 0 Å². The lowest BCUT2D eigenvalue weighted by Crippen LogP contribution is -2.37. The van der Waals surface area contributed by atoms with E-state index in [0.29, 0.717) is 18.8 Å². The van der Waals surface area contributed by atoms with Crippen LogP contribution >= 0.6 is 23.7 Å². The van der Waals surface area contributed by atoms with Gasteiger partial charge >= 0.3 is 0 Å². The molecule has 19 heavy (non-hydrogen) atoms. The zero-order valence-electron chi connectivity index (χ0n) is 11.0. The highest BCUT2D eigenvalue weighted by Crippen LogP contribution is 2.15. The second kappa shape index (κ2) is 7.79. The zero-order valence-corrected chi connectivity index (χ0v) is 12.6. The Kier molecular flexibility index (Phi) is 6.71. The van der Waals surface area contributed by atoms with Gasteiger partial charge in [0.15, 0.2) is 0 Å². The molecule has 1 amide bonds. The second-order valence-electron chi connectivity index (χ2n) is 4.50. The van der Waals surface area contributed by atoms with Gasteiger partial charge in [-0.3, -0.25) is 4.79 Å². The first-order valence-corrected chi connectivity index (χ1v) is 7.10. The first-order chi connectivity index (χ1) is 8.70. The maximum Gasteiger partial charge on any atom is 0.273 e. The molecular formula is C12H20ClN3O2S. The number of ether oxygens (including phenoxy) is 1. The number of hydrogen-bond acceptors (Lipinski definition) is 5. The molecule has 1 fully saturated rings. The number of carbonyl (C=O) groups excluding carboxylic acids is 1. The molecule has 7 heteroatoms. The maximum absolute atomic E-state index is 12.1. The molecule has 0 aliphatic carbocycles. The van der Waals surface area contributed by atoms with Crippen LogP contribution in [0.2, 0.25) is 0 Å².